The minimum Gasteiger partial charge on any atom is -0.338 e. The van der Waals surface area contributed by atoms with Gasteiger partial charge in [-0.2, -0.15) is 4.98 Å². The summed E-state index contributed by atoms with van der Waals surface area (Å²) >= 11 is 0. The lowest BCUT2D eigenvalue weighted by molar-refractivity contribution is 0.0641. The van der Waals surface area contributed by atoms with Crippen LogP contribution in [-0.2, 0) is 0 Å². The minimum absolute atomic E-state index is 0.206. The summed E-state index contributed by atoms with van der Waals surface area (Å²) < 4.78 is 5.43. The molecule has 2 heterocycles. The van der Waals surface area contributed by atoms with Gasteiger partial charge >= 0.3 is 0 Å². The molecular weight excluding hydrogens is 300 g/mol. The van der Waals surface area contributed by atoms with Gasteiger partial charge in [0.25, 0.3) is 0 Å². The number of nitrogens with zero attached hydrogens (tertiary/aromatic N) is 4. The topological polar surface area (TPSA) is 45.4 Å². The van der Waals surface area contributed by atoms with Gasteiger partial charge < -0.3 is 4.52 Å². The summed E-state index contributed by atoms with van der Waals surface area (Å²) in [5.41, 5.74) is 1.88. The van der Waals surface area contributed by atoms with E-state index in [1.165, 1.54) is 12.0 Å². The Morgan fingerprint density at radius 2 is 2.04 bits per heavy atom. The fraction of sp³-hybridized carbons (Fsp3) is 0.579. The first-order chi connectivity index (χ1) is 11.5. The van der Waals surface area contributed by atoms with E-state index in [1.54, 1.807) is 0 Å². The molecule has 2 fully saturated rings. The monoisotopic (exact) mass is 326 g/mol. The Labute approximate surface area is 143 Å². The van der Waals surface area contributed by atoms with Crippen molar-refractivity contribution in [3.8, 4) is 0 Å². The number of aromatic nitrogens is 2. The fourth-order valence-corrected chi connectivity index (χ4v) is 4.09. The molecular formula is C19H26N4O. The van der Waals surface area contributed by atoms with Crippen LogP contribution in [0.15, 0.2) is 34.9 Å². The van der Waals surface area contributed by atoms with Gasteiger partial charge in [0.1, 0.15) is 6.04 Å². The summed E-state index contributed by atoms with van der Waals surface area (Å²) in [5, 5.41) is 3.96. The molecule has 24 heavy (non-hydrogen) atoms. The highest BCUT2D eigenvalue weighted by atomic mass is 16.5. The van der Waals surface area contributed by atoms with Crippen LogP contribution in [0.5, 0.6) is 0 Å². The van der Waals surface area contributed by atoms with E-state index < -0.39 is 0 Å². The predicted molar refractivity (Wildman–Crippen MR) is 92.8 cm³/mol. The van der Waals surface area contributed by atoms with Gasteiger partial charge in [-0.1, -0.05) is 42.4 Å². The van der Waals surface area contributed by atoms with E-state index in [2.05, 4.69) is 64.2 Å². The van der Waals surface area contributed by atoms with Crippen molar-refractivity contribution < 1.29 is 4.52 Å². The van der Waals surface area contributed by atoms with Crippen molar-refractivity contribution in [2.45, 2.75) is 32.2 Å². The number of likely N-dealkylation sites (N-methyl/N-ethyl adjacent to an activating group) is 1. The number of hydrogen-bond donors (Lipinski definition) is 0. The Kier molecular flexibility index (Phi) is 3.93. The molecule has 1 unspecified atom stereocenters. The van der Waals surface area contributed by atoms with Crippen LogP contribution in [-0.4, -0.2) is 53.2 Å². The zero-order chi connectivity index (χ0) is 16.7. The lowest BCUT2D eigenvalue weighted by Crippen LogP contribution is -2.48. The standard InChI is InChI=1S/C19H26N4O/c1-14-20-18(24-21-14)17-12-23(10-9-22(17)3)13-19(2)11-16(19)15-7-5-4-6-8-15/h4-8,16-17H,9-13H2,1-3H3/t16-,17?,19-/m1/s1. The summed E-state index contributed by atoms with van der Waals surface area (Å²) in [6, 6.07) is 11.1. The highest BCUT2D eigenvalue weighted by molar-refractivity contribution is 5.29. The summed E-state index contributed by atoms with van der Waals surface area (Å²) in [4.78, 5) is 9.35. The smallest absolute Gasteiger partial charge is 0.245 e. The number of piperazine rings is 1. The normalized spacial score (nSPS) is 31.3. The number of benzene rings is 1. The molecule has 128 valence electrons. The van der Waals surface area contributed by atoms with Crippen molar-refractivity contribution in [2.75, 3.05) is 33.2 Å². The van der Waals surface area contributed by atoms with Gasteiger partial charge in [0.05, 0.1) is 0 Å². The quantitative estimate of drug-likeness (QED) is 0.864. The van der Waals surface area contributed by atoms with E-state index in [0.29, 0.717) is 17.2 Å². The van der Waals surface area contributed by atoms with Gasteiger partial charge in [-0.05, 0) is 37.3 Å². The van der Waals surface area contributed by atoms with Gasteiger partial charge in [0.15, 0.2) is 5.82 Å². The first-order valence-corrected chi connectivity index (χ1v) is 8.83. The van der Waals surface area contributed by atoms with Crippen LogP contribution in [0.4, 0.5) is 0 Å². The molecule has 2 aliphatic rings. The third-order valence-electron chi connectivity index (χ3n) is 5.70. The predicted octanol–water partition coefficient (Wildman–Crippen LogP) is 2.86. The maximum atomic E-state index is 5.43. The molecule has 1 aliphatic heterocycles. The first kappa shape index (κ1) is 15.8. The second kappa shape index (κ2) is 5.97. The molecule has 0 bridgehead atoms. The number of rotatable bonds is 4. The number of hydrogen-bond acceptors (Lipinski definition) is 5. The van der Waals surface area contributed by atoms with Crippen molar-refractivity contribution in [1.82, 2.24) is 19.9 Å². The minimum atomic E-state index is 0.206. The van der Waals surface area contributed by atoms with Crippen LogP contribution in [0.1, 0.15) is 42.6 Å². The van der Waals surface area contributed by atoms with Crippen LogP contribution < -0.4 is 0 Å². The van der Waals surface area contributed by atoms with E-state index in [1.807, 2.05) is 6.92 Å². The molecule has 5 nitrogen and oxygen atoms in total. The fourth-order valence-electron chi connectivity index (χ4n) is 4.09. The van der Waals surface area contributed by atoms with Crippen molar-refractivity contribution in [1.29, 1.82) is 0 Å². The lowest BCUT2D eigenvalue weighted by atomic mass is 9.99. The summed E-state index contributed by atoms with van der Waals surface area (Å²) in [6.45, 7) is 8.56. The third-order valence-corrected chi connectivity index (χ3v) is 5.70. The largest absolute Gasteiger partial charge is 0.338 e. The molecule has 1 aliphatic carbocycles. The molecule has 5 heteroatoms. The summed E-state index contributed by atoms with van der Waals surface area (Å²) in [6.07, 6.45) is 1.29. The van der Waals surface area contributed by atoms with E-state index >= 15 is 0 Å². The van der Waals surface area contributed by atoms with Crippen LogP contribution in [0, 0.1) is 12.3 Å². The average Bonchev–Trinajstić information content (AvgIpc) is 3.05. The summed E-state index contributed by atoms with van der Waals surface area (Å²) in [7, 11) is 2.15. The van der Waals surface area contributed by atoms with E-state index in [4.69, 9.17) is 4.52 Å². The number of aryl methyl sites for hydroxylation is 1. The van der Waals surface area contributed by atoms with Crippen LogP contribution >= 0.6 is 0 Å². The zero-order valence-corrected chi connectivity index (χ0v) is 14.8. The van der Waals surface area contributed by atoms with E-state index in [0.717, 1.165) is 32.1 Å². The SMILES string of the molecule is Cc1noc(C2CN(C[C@@]3(C)C[C@@H]3c3ccccc3)CCN2C)n1. The van der Waals surface area contributed by atoms with Gasteiger partial charge in [0, 0.05) is 26.2 Å². The second-order valence-corrected chi connectivity index (χ2v) is 7.73. The van der Waals surface area contributed by atoms with Gasteiger partial charge in [-0.15, -0.1) is 0 Å². The molecule has 1 saturated heterocycles. The second-order valence-electron chi connectivity index (χ2n) is 7.73. The highest BCUT2D eigenvalue weighted by Gasteiger charge is 2.51. The molecule has 1 aromatic carbocycles. The Bertz CT molecular complexity index is 700. The molecule has 0 radical (unpaired) electrons. The lowest BCUT2D eigenvalue weighted by Gasteiger charge is -2.39. The molecule has 1 aromatic heterocycles. The van der Waals surface area contributed by atoms with Crippen LogP contribution in [0.3, 0.4) is 0 Å². The van der Waals surface area contributed by atoms with E-state index in [-0.39, 0.29) is 6.04 Å². The molecule has 3 atom stereocenters. The van der Waals surface area contributed by atoms with Crippen molar-refractivity contribution in [2.24, 2.45) is 5.41 Å². The zero-order valence-electron chi connectivity index (χ0n) is 14.8. The van der Waals surface area contributed by atoms with E-state index in [9.17, 15) is 0 Å². The Morgan fingerprint density at radius 1 is 1.25 bits per heavy atom. The van der Waals surface area contributed by atoms with Gasteiger partial charge in [-0.3, -0.25) is 9.80 Å². The van der Waals surface area contributed by atoms with Crippen LogP contribution in [0.25, 0.3) is 0 Å². The maximum absolute atomic E-state index is 5.43. The molecule has 0 N–H and O–H groups in total. The van der Waals surface area contributed by atoms with Gasteiger partial charge in [-0.25, -0.2) is 0 Å². The highest BCUT2D eigenvalue weighted by Crippen LogP contribution is 2.59. The van der Waals surface area contributed by atoms with Gasteiger partial charge in [0.2, 0.25) is 5.89 Å². The maximum Gasteiger partial charge on any atom is 0.245 e. The first-order valence-electron chi connectivity index (χ1n) is 8.83. The Balaban J connectivity index is 1.42. The van der Waals surface area contributed by atoms with Crippen molar-refractivity contribution >= 4 is 0 Å². The Hall–Kier alpha value is -1.72. The van der Waals surface area contributed by atoms with Crippen molar-refractivity contribution in [3.63, 3.8) is 0 Å². The molecule has 1 saturated carbocycles. The summed E-state index contributed by atoms with van der Waals surface area (Å²) in [5.74, 6) is 2.16. The Morgan fingerprint density at radius 3 is 2.75 bits per heavy atom. The van der Waals surface area contributed by atoms with Crippen molar-refractivity contribution in [3.05, 3.63) is 47.6 Å². The van der Waals surface area contributed by atoms with Crippen LogP contribution in [0.2, 0.25) is 0 Å². The molecule has 4 rings (SSSR count). The third kappa shape index (κ3) is 2.98. The molecule has 2 aromatic rings. The molecule has 0 spiro atoms. The molecule has 0 amide bonds. The average molecular weight is 326 g/mol.